The average Bonchev–Trinajstić information content (AvgIpc) is 2.80. The summed E-state index contributed by atoms with van der Waals surface area (Å²) in [6, 6.07) is 3.13. The van der Waals surface area contributed by atoms with E-state index in [2.05, 4.69) is 11.4 Å². The Bertz CT molecular complexity index is 341. The zero-order valence-corrected chi connectivity index (χ0v) is 9.58. The predicted octanol–water partition coefficient (Wildman–Crippen LogP) is 2.43. The van der Waals surface area contributed by atoms with E-state index in [1.165, 1.54) is 37.0 Å². The Balaban J connectivity index is 1.67. The van der Waals surface area contributed by atoms with Gasteiger partial charge in [-0.3, -0.25) is 0 Å². The van der Waals surface area contributed by atoms with E-state index in [0.717, 1.165) is 19.6 Å². The molecule has 2 heterocycles. The first-order chi connectivity index (χ1) is 7.93. The van der Waals surface area contributed by atoms with Crippen LogP contribution >= 0.6 is 0 Å². The Hall–Kier alpha value is -0.800. The van der Waals surface area contributed by atoms with Gasteiger partial charge in [-0.15, -0.1) is 0 Å². The van der Waals surface area contributed by atoms with Crippen molar-refractivity contribution >= 4 is 0 Å². The van der Waals surface area contributed by atoms with Crippen LogP contribution in [0.25, 0.3) is 0 Å². The molecule has 2 aliphatic rings. The molecule has 1 aliphatic heterocycles. The van der Waals surface area contributed by atoms with Crippen molar-refractivity contribution in [2.75, 3.05) is 13.2 Å². The fraction of sp³-hybridized carbons (Fsp3) is 0.692. The minimum atomic E-state index is 0.481. The average molecular weight is 221 g/mol. The van der Waals surface area contributed by atoms with E-state index in [-0.39, 0.29) is 0 Å². The maximum Gasteiger partial charge on any atom is 0.108 e. The number of nitrogens with one attached hydrogen (secondary N) is 1. The first kappa shape index (κ1) is 10.4. The number of rotatable bonds is 2. The number of hydrogen-bond donors (Lipinski definition) is 1. The lowest BCUT2D eigenvalue weighted by atomic mass is 9.92. The van der Waals surface area contributed by atoms with E-state index >= 15 is 0 Å². The van der Waals surface area contributed by atoms with Crippen LogP contribution in [0.4, 0.5) is 0 Å². The molecule has 0 amide bonds. The van der Waals surface area contributed by atoms with Crippen molar-refractivity contribution in [1.29, 1.82) is 0 Å². The molecule has 3 heteroatoms. The standard InChI is InChI=1S/C13H19NO2/c1-4-12(11-6-8-16-13(11)5-1)14-10-3-2-7-15-9-10/h6,8,10,12,14H,1-5,7,9H2. The van der Waals surface area contributed by atoms with Gasteiger partial charge in [0.25, 0.3) is 0 Å². The van der Waals surface area contributed by atoms with Crippen molar-refractivity contribution in [3.8, 4) is 0 Å². The zero-order chi connectivity index (χ0) is 10.8. The van der Waals surface area contributed by atoms with Gasteiger partial charge in [0.05, 0.1) is 12.9 Å². The fourth-order valence-corrected chi connectivity index (χ4v) is 2.82. The van der Waals surface area contributed by atoms with E-state index in [9.17, 15) is 0 Å². The monoisotopic (exact) mass is 221 g/mol. The van der Waals surface area contributed by atoms with Crippen LogP contribution < -0.4 is 5.32 Å². The summed E-state index contributed by atoms with van der Waals surface area (Å²) >= 11 is 0. The predicted molar refractivity (Wildman–Crippen MR) is 61.4 cm³/mol. The molecule has 3 rings (SSSR count). The smallest absolute Gasteiger partial charge is 0.108 e. The van der Waals surface area contributed by atoms with Gasteiger partial charge in [-0.2, -0.15) is 0 Å². The molecule has 88 valence electrons. The molecule has 3 nitrogen and oxygen atoms in total. The Morgan fingerprint density at radius 2 is 2.25 bits per heavy atom. The van der Waals surface area contributed by atoms with E-state index in [1.807, 2.05) is 6.26 Å². The highest BCUT2D eigenvalue weighted by Crippen LogP contribution is 2.31. The second kappa shape index (κ2) is 4.60. The van der Waals surface area contributed by atoms with Crippen molar-refractivity contribution in [2.24, 2.45) is 0 Å². The third-order valence-corrected chi connectivity index (χ3v) is 3.65. The van der Waals surface area contributed by atoms with Crippen LogP contribution in [-0.4, -0.2) is 19.3 Å². The number of ether oxygens (including phenoxy) is 1. The highest BCUT2D eigenvalue weighted by atomic mass is 16.5. The van der Waals surface area contributed by atoms with Crippen molar-refractivity contribution in [3.63, 3.8) is 0 Å². The molecule has 0 aromatic carbocycles. The molecule has 1 saturated heterocycles. The lowest BCUT2D eigenvalue weighted by Crippen LogP contribution is -2.40. The summed E-state index contributed by atoms with van der Waals surface area (Å²) in [5, 5.41) is 3.72. The van der Waals surface area contributed by atoms with Crippen LogP contribution in [0.15, 0.2) is 16.7 Å². The van der Waals surface area contributed by atoms with Crippen LogP contribution in [0.5, 0.6) is 0 Å². The highest BCUT2D eigenvalue weighted by Gasteiger charge is 2.25. The van der Waals surface area contributed by atoms with Crippen molar-refractivity contribution in [3.05, 3.63) is 23.7 Å². The first-order valence-corrected chi connectivity index (χ1v) is 6.33. The molecule has 16 heavy (non-hydrogen) atoms. The largest absolute Gasteiger partial charge is 0.469 e. The Labute approximate surface area is 96.2 Å². The van der Waals surface area contributed by atoms with Gasteiger partial charge in [0.15, 0.2) is 0 Å². The molecule has 1 fully saturated rings. The summed E-state index contributed by atoms with van der Waals surface area (Å²) in [5.74, 6) is 1.18. The number of furan rings is 1. The van der Waals surface area contributed by atoms with Gasteiger partial charge >= 0.3 is 0 Å². The Morgan fingerprint density at radius 1 is 1.25 bits per heavy atom. The summed E-state index contributed by atoms with van der Waals surface area (Å²) in [4.78, 5) is 0. The minimum Gasteiger partial charge on any atom is -0.469 e. The number of fused-ring (bicyclic) bond motifs is 1. The van der Waals surface area contributed by atoms with E-state index in [0.29, 0.717) is 12.1 Å². The van der Waals surface area contributed by atoms with Gasteiger partial charge in [0, 0.05) is 30.7 Å². The Kier molecular flexibility index (Phi) is 2.98. The lowest BCUT2D eigenvalue weighted by Gasteiger charge is -2.30. The van der Waals surface area contributed by atoms with Gasteiger partial charge in [0.1, 0.15) is 5.76 Å². The summed E-state index contributed by atoms with van der Waals surface area (Å²) < 4.78 is 11.0. The molecule has 2 atom stereocenters. The summed E-state index contributed by atoms with van der Waals surface area (Å²) in [6.07, 6.45) is 7.80. The molecule has 1 N–H and O–H groups in total. The second-order valence-corrected chi connectivity index (χ2v) is 4.82. The minimum absolute atomic E-state index is 0.481. The van der Waals surface area contributed by atoms with Gasteiger partial charge in [-0.1, -0.05) is 0 Å². The quantitative estimate of drug-likeness (QED) is 0.833. The Morgan fingerprint density at radius 3 is 3.12 bits per heavy atom. The molecule has 0 radical (unpaired) electrons. The van der Waals surface area contributed by atoms with Crippen molar-refractivity contribution < 1.29 is 9.15 Å². The van der Waals surface area contributed by atoms with Crippen molar-refractivity contribution in [1.82, 2.24) is 5.32 Å². The van der Waals surface area contributed by atoms with Gasteiger partial charge < -0.3 is 14.5 Å². The molecule has 0 saturated carbocycles. The summed E-state index contributed by atoms with van der Waals surface area (Å²) in [6.45, 7) is 1.80. The van der Waals surface area contributed by atoms with Crippen LogP contribution in [0, 0.1) is 0 Å². The summed E-state index contributed by atoms with van der Waals surface area (Å²) in [5.41, 5.74) is 1.37. The normalized spacial score (nSPS) is 30.0. The second-order valence-electron chi connectivity index (χ2n) is 4.82. The number of aryl methyl sites for hydroxylation is 1. The van der Waals surface area contributed by atoms with Crippen molar-refractivity contribution in [2.45, 2.75) is 44.2 Å². The van der Waals surface area contributed by atoms with Crippen LogP contribution in [0.2, 0.25) is 0 Å². The number of hydrogen-bond acceptors (Lipinski definition) is 3. The maximum absolute atomic E-state index is 5.51. The maximum atomic E-state index is 5.51. The van der Waals surface area contributed by atoms with E-state index in [1.54, 1.807) is 0 Å². The van der Waals surface area contributed by atoms with Crippen LogP contribution in [-0.2, 0) is 11.2 Å². The van der Waals surface area contributed by atoms with Crippen LogP contribution in [0.3, 0.4) is 0 Å². The molecule has 1 aromatic heterocycles. The van der Waals surface area contributed by atoms with E-state index in [4.69, 9.17) is 9.15 Å². The lowest BCUT2D eigenvalue weighted by molar-refractivity contribution is 0.0653. The van der Waals surface area contributed by atoms with Gasteiger partial charge in [-0.25, -0.2) is 0 Å². The zero-order valence-electron chi connectivity index (χ0n) is 9.58. The SMILES string of the molecule is c1cc2c(o1)CCCC2NC1CCCOC1. The van der Waals surface area contributed by atoms with Gasteiger partial charge in [0.2, 0.25) is 0 Å². The molecule has 1 aliphatic carbocycles. The first-order valence-electron chi connectivity index (χ1n) is 6.33. The molecule has 0 bridgehead atoms. The third-order valence-electron chi connectivity index (χ3n) is 3.65. The molecule has 1 aromatic rings. The highest BCUT2D eigenvalue weighted by molar-refractivity contribution is 5.24. The fourth-order valence-electron chi connectivity index (χ4n) is 2.82. The topological polar surface area (TPSA) is 34.4 Å². The molecular formula is C13H19NO2. The van der Waals surface area contributed by atoms with Gasteiger partial charge in [-0.05, 0) is 31.7 Å². The van der Waals surface area contributed by atoms with Crippen LogP contribution in [0.1, 0.15) is 43.0 Å². The molecule has 2 unspecified atom stereocenters. The summed E-state index contributed by atoms with van der Waals surface area (Å²) in [7, 11) is 0. The molecule has 0 spiro atoms. The van der Waals surface area contributed by atoms with E-state index < -0.39 is 0 Å². The third kappa shape index (κ3) is 2.02. The molecular weight excluding hydrogens is 202 g/mol.